The average Bonchev–Trinajstić information content (AvgIpc) is 2.28. The van der Waals surface area contributed by atoms with Gasteiger partial charge in [-0.05, 0) is 19.8 Å². The van der Waals surface area contributed by atoms with Gasteiger partial charge >= 0.3 is 0 Å². The SMILES string of the molecule is C/C=C/C=C/C=C/C.CC.CCC(C)C. The summed E-state index contributed by atoms with van der Waals surface area (Å²) in [5, 5.41) is 0. The molecule has 0 aliphatic heterocycles. The van der Waals surface area contributed by atoms with Crippen LogP contribution in [0.5, 0.6) is 0 Å². The van der Waals surface area contributed by atoms with E-state index >= 15 is 0 Å². The van der Waals surface area contributed by atoms with Gasteiger partial charge < -0.3 is 0 Å². The van der Waals surface area contributed by atoms with E-state index in [1.165, 1.54) is 6.42 Å². The van der Waals surface area contributed by atoms with Gasteiger partial charge in [-0.2, -0.15) is 0 Å². The average molecular weight is 210 g/mol. The second kappa shape index (κ2) is 23.2. The lowest BCUT2D eigenvalue weighted by Crippen LogP contribution is -1.77. The maximum Gasteiger partial charge on any atom is -0.0467 e. The Morgan fingerprint density at radius 3 is 1.20 bits per heavy atom. The molecule has 0 aromatic carbocycles. The van der Waals surface area contributed by atoms with Gasteiger partial charge in [-0.1, -0.05) is 77.5 Å². The second-order valence-electron chi connectivity index (χ2n) is 3.24. The molecule has 0 nitrogen and oxygen atoms in total. The van der Waals surface area contributed by atoms with Crippen LogP contribution in [-0.4, -0.2) is 0 Å². The first-order chi connectivity index (χ1) is 7.18. The van der Waals surface area contributed by atoms with Crippen molar-refractivity contribution in [2.75, 3.05) is 0 Å². The molecule has 0 saturated heterocycles. The molecule has 0 bridgehead atoms. The van der Waals surface area contributed by atoms with Crippen molar-refractivity contribution in [3.8, 4) is 0 Å². The van der Waals surface area contributed by atoms with Crippen LogP contribution >= 0.6 is 0 Å². The fourth-order valence-electron chi connectivity index (χ4n) is 0.351. The zero-order valence-corrected chi connectivity index (χ0v) is 11.7. The van der Waals surface area contributed by atoms with Crippen LogP contribution in [0.15, 0.2) is 36.5 Å². The van der Waals surface area contributed by atoms with Crippen molar-refractivity contribution in [2.45, 2.75) is 54.9 Å². The Labute approximate surface area is 97.8 Å². The molecule has 0 heterocycles. The number of hydrogen-bond acceptors (Lipinski definition) is 0. The Morgan fingerprint density at radius 2 is 1.07 bits per heavy atom. The van der Waals surface area contributed by atoms with E-state index in [4.69, 9.17) is 0 Å². The summed E-state index contributed by atoms with van der Waals surface area (Å²) in [4.78, 5) is 0. The molecule has 0 unspecified atom stereocenters. The Hall–Kier alpha value is -0.780. The van der Waals surface area contributed by atoms with Gasteiger partial charge in [0, 0.05) is 0 Å². The molecule has 0 radical (unpaired) electrons. The van der Waals surface area contributed by atoms with E-state index in [0.717, 1.165) is 5.92 Å². The van der Waals surface area contributed by atoms with E-state index in [-0.39, 0.29) is 0 Å². The van der Waals surface area contributed by atoms with E-state index in [9.17, 15) is 0 Å². The monoisotopic (exact) mass is 210 g/mol. The quantitative estimate of drug-likeness (QED) is 0.518. The zero-order chi connectivity index (χ0) is 12.5. The third kappa shape index (κ3) is 43.0. The minimum atomic E-state index is 0.884. The molecule has 0 aliphatic rings. The lowest BCUT2D eigenvalue weighted by atomic mass is 10.2. The molecular formula is C15H30. The number of hydrogen-bond donors (Lipinski definition) is 0. The fraction of sp³-hybridized carbons (Fsp3) is 0.600. The van der Waals surface area contributed by atoms with Gasteiger partial charge in [-0.15, -0.1) is 0 Å². The fourth-order valence-corrected chi connectivity index (χ4v) is 0.351. The van der Waals surface area contributed by atoms with Crippen molar-refractivity contribution in [1.29, 1.82) is 0 Å². The first-order valence-electron chi connectivity index (χ1n) is 6.09. The van der Waals surface area contributed by atoms with Crippen molar-refractivity contribution < 1.29 is 0 Å². The Kier molecular flexibility index (Phi) is 30.6. The zero-order valence-electron chi connectivity index (χ0n) is 11.7. The molecule has 0 rings (SSSR count). The predicted molar refractivity (Wildman–Crippen MR) is 75.2 cm³/mol. The van der Waals surface area contributed by atoms with Gasteiger partial charge in [0.15, 0.2) is 0 Å². The summed E-state index contributed by atoms with van der Waals surface area (Å²) >= 11 is 0. The normalized spacial score (nSPS) is 10.4. The molecule has 0 saturated carbocycles. The van der Waals surface area contributed by atoms with Crippen molar-refractivity contribution in [3.63, 3.8) is 0 Å². The molecule has 0 amide bonds. The highest BCUT2D eigenvalue weighted by Gasteiger charge is 1.80. The second-order valence-corrected chi connectivity index (χ2v) is 3.24. The van der Waals surface area contributed by atoms with Crippen LogP contribution in [0, 0.1) is 5.92 Å². The van der Waals surface area contributed by atoms with Crippen molar-refractivity contribution in [2.24, 2.45) is 5.92 Å². The molecule has 15 heavy (non-hydrogen) atoms. The van der Waals surface area contributed by atoms with E-state index < -0.39 is 0 Å². The van der Waals surface area contributed by atoms with Gasteiger partial charge in [-0.3, -0.25) is 0 Å². The van der Waals surface area contributed by atoms with Gasteiger partial charge in [0.25, 0.3) is 0 Å². The van der Waals surface area contributed by atoms with Crippen LogP contribution in [0.4, 0.5) is 0 Å². The lowest BCUT2D eigenvalue weighted by molar-refractivity contribution is 0.626. The highest BCUT2D eigenvalue weighted by Crippen LogP contribution is 1.93. The van der Waals surface area contributed by atoms with Crippen LogP contribution in [0.25, 0.3) is 0 Å². The Bertz CT molecular complexity index is 133. The molecule has 0 aromatic heterocycles. The van der Waals surface area contributed by atoms with Gasteiger partial charge in [0.1, 0.15) is 0 Å². The van der Waals surface area contributed by atoms with Crippen LogP contribution in [-0.2, 0) is 0 Å². The molecule has 0 aromatic rings. The van der Waals surface area contributed by atoms with Crippen molar-refractivity contribution in [3.05, 3.63) is 36.5 Å². The van der Waals surface area contributed by atoms with Crippen LogP contribution < -0.4 is 0 Å². The smallest absolute Gasteiger partial charge is 0.0467 e. The topological polar surface area (TPSA) is 0 Å². The maximum atomic E-state index is 2.22. The van der Waals surface area contributed by atoms with E-state index in [1.807, 2.05) is 64.2 Å². The summed E-state index contributed by atoms with van der Waals surface area (Å²) in [5.41, 5.74) is 0. The first kappa shape index (κ1) is 19.7. The van der Waals surface area contributed by atoms with E-state index in [0.29, 0.717) is 0 Å². The van der Waals surface area contributed by atoms with E-state index in [2.05, 4.69) is 20.8 Å². The molecule has 0 atom stereocenters. The minimum Gasteiger partial charge on any atom is -0.0877 e. The molecule has 90 valence electrons. The minimum absolute atomic E-state index is 0.884. The largest absolute Gasteiger partial charge is 0.0877 e. The summed E-state index contributed by atoms with van der Waals surface area (Å²) in [5.74, 6) is 0.884. The van der Waals surface area contributed by atoms with Crippen LogP contribution in [0.2, 0.25) is 0 Å². The molecule has 0 heteroatoms. The van der Waals surface area contributed by atoms with Crippen molar-refractivity contribution >= 4 is 0 Å². The highest BCUT2D eigenvalue weighted by molar-refractivity contribution is 5.09. The Morgan fingerprint density at radius 1 is 0.800 bits per heavy atom. The molecule has 0 spiro atoms. The lowest BCUT2D eigenvalue weighted by Gasteiger charge is -1.90. The predicted octanol–water partition coefficient (Wildman–Crippen LogP) is 5.77. The van der Waals surface area contributed by atoms with Gasteiger partial charge in [0.05, 0.1) is 0 Å². The summed E-state index contributed by atoms with van der Waals surface area (Å²) < 4.78 is 0. The summed E-state index contributed by atoms with van der Waals surface area (Å²) in [7, 11) is 0. The van der Waals surface area contributed by atoms with Gasteiger partial charge in [-0.25, -0.2) is 0 Å². The van der Waals surface area contributed by atoms with E-state index in [1.54, 1.807) is 0 Å². The number of allylic oxidation sites excluding steroid dienone is 6. The third-order valence-corrected chi connectivity index (χ3v) is 1.53. The summed E-state index contributed by atoms with van der Waals surface area (Å²) in [6, 6.07) is 0. The van der Waals surface area contributed by atoms with Crippen molar-refractivity contribution in [1.82, 2.24) is 0 Å². The summed E-state index contributed by atoms with van der Waals surface area (Å²) in [6.45, 7) is 14.6. The molecule has 0 fully saturated rings. The Balaban J connectivity index is -0.000000177. The van der Waals surface area contributed by atoms with Gasteiger partial charge in [0.2, 0.25) is 0 Å². The standard InChI is InChI=1S/C8H12.C5H12.C2H6/c1-3-5-7-8-6-4-2;1-4-5(2)3;1-2/h3-8H,1-2H3;5H,4H2,1-3H3;1-2H3/b5-3+,6-4+,8-7+;;. The van der Waals surface area contributed by atoms with Crippen LogP contribution in [0.3, 0.4) is 0 Å². The summed E-state index contributed by atoms with van der Waals surface area (Å²) in [6.07, 6.45) is 13.3. The molecule has 0 N–H and O–H groups in total. The molecular weight excluding hydrogens is 180 g/mol. The van der Waals surface area contributed by atoms with Crippen LogP contribution in [0.1, 0.15) is 54.9 Å². The number of rotatable bonds is 3. The first-order valence-corrected chi connectivity index (χ1v) is 6.09. The molecule has 0 aliphatic carbocycles. The third-order valence-electron chi connectivity index (χ3n) is 1.53. The highest BCUT2D eigenvalue weighted by atomic mass is 13.9. The maximum absolute atomic E-state index is 2.22.